The highest BCUT2D eigenvalue weighted by Gasteiger charge is 2.02. The van der Waals surface area contributed by atoms with Crippen molar-refractivity contribution in [1.82, 2.24) is 15.6 Å². The second-order valence-corrected chi connectivity index (χ2v) is 6.33. The number of nitrogens with zero attached hydrogens (tertiary/aromatic N) is 2. The van der Waals surface area contributed by atoms with Crippen LogP contribution in [0.1, 0.15) is 17.7 Å². The van der Waals surface area contributed by atoms with Crippen LogP contribution in [0.4, 0.5) is 0 Å². The number of rotatable bonds is 7. The Hall–Kier alpha value is -3.08. The largest absolute Gasteiger partial charge is 0.494 e. The van der Waals surface area contributed by atoms with E-state index in [-0.39, 0.29) is 0 Å². The van der Waals surface area contributed by atoms with E-state index in [0.717, 1.165) is 30.4 Å². The van der Waals surface area contributed by atoms with Crippen LogP contribution >= 0.6 is 0 Å². The van der Waals surface area contributed by atoms with Gasteiger partial charge >= 0.3 is 0 Å². The fourth-order valence-electron chi connectivity index (χ4n) is 2.82. The van der Waals surface area contributed by atoms with Crippen molar-refractivity contribution in [2.24, 2.45) is 4.99 Å². The first-order valence-electron chi connectivity index (χ1n) is 9.23. The number of aliphatic imine (C=N–C) groups is 1. The Morgan fingerprint density at radius 1 is 1.04 bits per heavy atom. The van der Waals surface area contributed by atoms with Crippen LogP contribution in [0.3, 0.4) is 0 Å². The summed E-state index contributed by atoms with van der Waals surface area (Å²) in [4.78, 5) is 8.63. The van der Waals surface area contributed by atoms with E-state index < -0.39 is 0 Å². The summed E-state index contributed by atoms with van der Waals surface area (Å²) >= 11 is 0. The van der Waals surface area contributed by atoms with E-state index in [2.05, 4.69) is 57.9 Å². The van der Waals surface area contributed by atoms with Crippen LogP contribution in [0, 0.1) is 6.92 Å². The first-order chi connectivity index (χ1) is 13.3. The van der Waals surface area contributed by atoms with E-state index in [0.29, 0.717) is 13.2 Å². The number of benzene rings is 2. The molecule has 0 aliphatic carbocycles. The highest BCUT2D eigenvalue weighted by atomic mass is 16.5. The fourth-order valence-corrected chi connectivity index (χ4v) is 2.82. The number of pyridine rings is 1. The van der Waals surface area contributed by atoms with Crippen molar-refractivity contribution < 1.29 is 4.74 Å². The van der Waals surface area contributed by atoms with Crippen molar-refractivity contribution in [2.45, 2.75) is 19.9 Å². The number of ether oxygens (including phenoxy) is 1. The van der Waals surface area contributed by atoms with Crippen molar-refractivity contribution in [1.29, 1.82) is 0 Å². The molecule has 5 nitrogen and oxygen atoms in total. The lowest BCUT2D eigenvalue weighted by atomic mass is 10.1. The third-order valence-electron chi connectivity index (χ3n) is 4.37. The van der Waals surface area contributed by atoms with Gasteiger partial charge in [0, 0.05) is 19.8 Å². The number of nitrogens with one attached hydrogen (secondary N) is 2. The monoisotopic (exact) mass is 362 g/mol. The van der Waals surface area contributed by atoms with E-state index in [4.69, 9.17) is 4.74 Å². The molecule has 140 valence electrons. The van der Waals surface area contributed by atoms with E-state index in [1.54, 1.807) is 7.05 Å². The molecular weight excluding hydrogens is 336 g/mol. The van der Waals surface area contributed by atoms with Crippen molar-refractivity contribution in [3.63, 3.8) is 0 Å². The van der Waals surface area contributed by atoms with Gasteiger partial charge in [0.15, 0.2) is 5.96 Å². The molecular formula is C22H26N4O. The lowest BCUT2D eigenvalue weighted by Crippen LogP contribution is -2.38. The summed E-state index contributed by atoms with van der Waals surface area (Å²) in [5.74, 6) is 1.67. The van der Waals surface area contributed by atoms with Crippen LogP contribution < -0.4 is 15.4 Å². The minimum Gasteiger partial charge on any atom is -0.494 e. The average Bonchev–Trinajstić information content (AvgIpc) is 2.71. The lowest BCUT2D eigenvalue weighted by molar-refractivity contribution is 0.311. The Morgan fingerprint density at radius 3 is 2.70 bits per heavy atom. The van der Waals surface area contributed by atoms with Crippen LogP contribution in [-0.2, 0) is 6.54 Å². The molecule has 1 aromatic heterocycles. The van der Waals surface area contributed by atoms with E-state index in [1.165, 1.54) is 16.3 Å². The second kappa shape index (κ2) is 9.57. The third-order valence-corrected chi connectivity index (χ3v) is 4.37. The summed E-state index contributed by atoms with van der Waals surface area (Å²) in [6, 6.07) is 18.5. The lowest BCUT2D eigenvalue weighted by Gasteiger charge is -2.13. The minimum atomic E-state index is 0.653. The van der Waals surface area contributed by atoms with Gasteiger partial charge in [0.1, 0.15) is 5.75 Å². The molecule has 3 aromatic rings. The maximum absolute atomic E-state index is 5.86. The molecule has 0 saturated heterocycles. The zero-order valence-corrected chi connectivity index (χ0v) is 15.9. The molecule has 0 bridgehead atoms. The van der Waals surface area contributed by atoms with Gasteiger partial charge < -0.3 is 15.4 Å². The molecule has 0 atom stereocenters. The maximum Gasteiger partial charge on any atom is 0.191 e. The first kappa shape index (κ1) is 18.7. The normalized spacial score (nSPS) is 11.4. The maximum atomic E-state index is 5.86. The van der Waals surface area contributed by atoms with Gasteiger partial charge in [-0.15, -0.1) is 0 Å². The summed E-state index contributed by atoms with van der Waals surface area (Å²) in [6.07, 6.45) is 2.69. The zero-order valence-electron chi connectivity index (χ0n) is 15.9. The fraction of sp³-hybridized carbons (Fsp3) is 0.273. The average molecular weight is 362 g/mol. The van der Waals surface area contributed by atoms with Gasteiger partial charge in [0.25, 0.3) is 0 Å². The summed E-state index contributed by atoms with van der Waals surface area (Å²) in [6.45, 7) is 4.15. The summed E-state index contributed by atoms with van der Waals surface area (Å²) in [5, 5.41) is 9.02. The third kappa shape index (κ3) is 5.45. The Morgan fingerprint density at radius 2 is 1.89 bits per heavy atom. The molecule has 2 aromatic carbocycles. The second-order valence-electron chi connectivity index (χ2n) is 6.33. The molecule has 3 rings (SSSR count). The van der Waals surface area contributed by atoms with Gasteiger partial charge in [-0.1, -0.05) is 36.4 Å². The van der Waals surface area contributed by atoms with Crippen molar-refractivity contribution in [3.8, 4) is 5.75 Å². The summed E-state index contributed by atoms with van der Waals surface area (Å²) in [5.41, 5.74) is 2.20. The molecule has 0 unspecified atom stereocenters. The minimum absolute atomic E-state index is 0.653. The Labute approximate surface area is 160 Å². The molecule has 0 saturated carbocycles. The number of guanidine groups is 1. The van der Waals surface area contributed by atoms with Gasteiger partial charge in [0.05, 0.1) is 18.8 Å². The van der Waals surface area contributed by atoms with Crippen molar-refractivity contribution in [2.75, 3.05) is 20.2 Å². The standard InChI is InChI=1S/C22H26N4O/c1-17-7-5-12-24-21(17)16-26-22(23-2)25-13-6-14-27-20-11-10-18-8-3-4-9-19(18)15-20/h3-5,7-12,15H,6,13-14,16H2,1-2H3,(H2,23,25,26). The molecule has 0 radical (unpaired) electrons. The summed E-state index contributed by atoms with van der Waals surface area (Å²) in [7, 11) is 1.77. The molecule has 27 heavy (non-hydrogen) atoms. The van der Waals surface area contributed by atoms with Crippen LogP contribution in [0.5, 0.6) is 5.75 Å². The van der Waals surface area contributed by atoms with Gasteiger partial charge in [-0.05, 0) is 47.9 Å². The predicted molar refractivity (Wildman–Crippen MR) is 111 cm³/mol. The number of hydrogen-bond acceptors (Lipinski definition) is 3. The van der Waals surface area contributed by atoms with Crippen molar-refractivity contribution in [3.05, 3.63) is 72.1 Å². The topological polar surface area (TPSA) is 58.5 Å². The van der Waals surface area contributed by atoms with Crippen LogP contribution in [0.15, 0.2) is 65.8 Å². The number of aryl methyl sites for hydroxylation is 1. The quantitative estimate of drug-likeness (QED) is 0.382. The highest BCUT2D eigenvalue weighted by Crippen LogP contribution is 2.20. The van der Waals surface area contributed by atoms with Crippen molar-refractivity contribution >= 4 is 16.7 Å². The molecule has 0 spiro atoms. The Kier molecular flexibility index (Phi) is 6.63. The SMILES string of the molecule is CN=C(NCCCOc1ccc2ccccc2c1)NCc1ncccc1C. The number of hydrogen-bond donors (Lipinski definition) is 2. The molecule has 2 N–H and O–H groups in total. The van der Waals surface area contributed by atoms with Gasteiger partial charge in [-0.25, -0.2) is 0 Å². The van der Waals surface area contributed by atoms with Crippen LogP contribution in [-0.4, -0.2) is 31.1 Å². The van der Waals surface area contributed by atoms with Crippen LogP contribution in [0.25, 0.3) is 10.8 Å². The Balaban J connectivity index is 1.38. The van der Waals surface area contributed by atoms with E-state index in [9.17, 15) is 0 Å². The highest BCUT2D eigenvalue weighted by molar-refractivity contribution is 5.83. The molecule has 1 heterocycles. The van der Waals surface area contributed by atoms with E-state index in [1.807, 2.05) is 30.5 Å². The zero-order chi connectivity index (χ0) is 18.9. The van der Waals surface area contributed by atoms with Gasteiger partial charge in [-0.3, -0.25) is 9.98 Å². The first-order valence-corrected chi connectivity index (χ1v) is 9.23. The smallest absolute Gasteiger partial charge is 0.191 e. The summed E-state index contributed by atoms with van der Waals surface area (Å²) < 4.78 is 5.86. The van der Waals surface area contributed by atoms with E-state index >= 15 is 0 Å². The number of aromatic nitrogens is 1. The predicted octanol–water partition coefficient (Wildman–Crippen LogP) is 3.68. The number of fused-ring (bicyclic) bond motifs is 1. The molecule has 5 heteroatoms. The van der Waals surface area contributed by atoms with Gasteiger partial charge in [0.2, 0.25) is 0 Å². The molecule has 0 fully saturated rings. The molecule has 0 aliphatic rings. The molecule has 0 amide bonds. The van der Waals surface area contributed by atoms with Gasteiger partial charge in [-0.2, -0.15) is 0 Å². The Bertz CT molecular complexity index is 907. The molecule has 0 aliphatic heterocycles. The van der Waals surface area contributed by atoms with Crippen LogP contribution in [0.2, 0.25) is 0 Å².